The van der Waals surface area contributed by atoms with Crippen LogP contribution in [0.1, 0.15) is 17.7 Å². The van der Waals surface area contributed by atoms with Crippen molar-refractivity contribution in [2.45, 2.75) is 24.7 Å². The molecule has 1 aliphatic rings. The monoisotopic (exact) mass is 333 g/mol. The van der Waals surface area contributed by atoms with Crippen molar-refractivity contribution in [2.75, 3.05) is 19.3 Å². The highest BCUT2D eigenvalue weighted by Gasteiger charge is 2.17. The smallest absolute Gasteiger partial charge is 0.323 e. The molecule has 4 nitrogen and oxygen atoms in total. The first-order valence-electron chi connectivity index (χ1n) is 7.34. The summed E-state index contributed by atoms with van der Waals surface area (Å²) in [5.41, 5.74) is 1.04. The summed E-state index contributed by atoms with van der Waals surface area (Å²) in [6.07, 6.45) is 6.27. The number of rotatable bonds is 2. The van der Waals surface area contributed by atoms with E-state index in [-0.39, 0.29) is 6.03 Å². The summed E-state index contributed by atoms with van der Waals surface area (Å²) < 4.78 is 2.00. The average molecular weight is 333 g/mol. The van der Waals surface area contributed by atoms with E-state index >= 15 is 0 Å². The molecule has 0 atom stereocenters. The Morgan fingerprint density at radius 2 is 1.91 bits per heavy atom. The standard InChI is InChI=1S/C16H19N3OS2/c1-12-11-19(13-5-7-14(21-2)8-6-13)16(22-12)17-15(20)18-9-3-4-10-18/h5-8,11H,3-4,9-10H2,1-2H3/b17-16-. The number of amides is 2. The quantitative estimate of drug-likeness (QED) is 0.786. The molecule has 2 aromatic rings. The van der Waals surface area contributed by atoms with Gasteiger partial charge >= 0.3 is 6.03 Å². The van der Waals surface area contributed by atoms with Crippen LogP contribution in [-0.4, -0.2) is 34.8 Å². The van der Waals surface area contributed by atoms with Gasteiger partial charge < -0.3 is 4.90 Å². The number of carbonyl (C=O) groups excluding carboxylic acids is 1. The van der Waals surface area contributed by atoms with Crippen molar-refractivity contribution in [2.24, 2.45) is 4.99 Å². The molecule has 22 heavy (non-hydrogen) atoms. The summed E-state index contributed by atoms with van der Waals surface area (Å²) in [4.78, 5) is 21.5. The number of aromatic nitrogens is 1. The highest BCUT2D eigenvalue weighted by molar-refractivity contribution is 7.98. The van der Waals surface area contributed by atoms with Crippen LogP contribution < -0.4 is 4.80 Å². The van der Waals surface area contributed by atoms with Crippen LogP contribution in [0.5, 0.6) is 0 Å². The molecule has 0 bridgehead atoms. The van der Waals surface area contributed by atoms with Crippen molar-refractivity contribution in [3.05, 3.63) is 40.1 Å². The second-order valence-electron chi connectivity index (χ2n) is 5.28. The van der Waals surface area contributed by atoms with Crippen LogP contribution in [0.2, 0.25) is 0 Å². The second-order valence-corrected chi connectivity index (χ2v) is 7.37. The number of nitrogens with zero attached hydrogens (tertiary/aromatic N) is 3. The summed E-state index contributed by atoms with van der Waals surface area (Å²) in [6.45, 7) is 3.70. The number of urea groups is 1. The molecule has 116 valence electrons. The molecular weight excluding hydrogens is 314 g/mol. The van der Waals surface area contributed by atoms with E-state index in [1.807, 2.05) is 22.6 Å². The fraction of sp³-hybridized carbons (Fsp3) is 0.375. The van der Waals surface area contributed by atoms with Gasteiger partial charge in [0.15, 0.2) is 4.80 Å². The summed E-state index contributed by atoms with van der Waals surface area (Å²) in [7, 11) is 0. The van der Waals surface area contributed by atoms with Crippen LogP contribution in [0.25, 0.3) is 5.69 Å². The van der Waals surface area contributed by atoms with Gasteiger partial charge in [0, 0.05) is 34.7 Å². The molecule has 0 aliphatic carbocycles. The lowest BCUT2D eigenvalue weighted by molar-refractivity contribution is 0.218. The molecule has 0 unspecified atom stereocenters. The van der Waals surface area contributed by atoms with Crippen LogP contribution in [0.3, 0.4) is 0 Å². The van der Waals surface area contributed by atoms with Gasteiger partial charge in [-0.1, -0.05) is 0 Å². The number of thioether (sulfide) groups is 1. The Balaban J connectivity index is 1.96. The van der Waals surface area contributed by atoms with Crippen molar-refractivity contribution < 1.29 is 4.79 Å². The number of hydrogen-bond acceptors (Lipinski definition) is 3. The van der Waals surface area contributed by atoms with Crippen LogP contribution in [0.15, 0.2) is 40.4 Å². The van der Waals surface area contributed by atoms with Gasteiger partial charge in [0.2, 0.25) is 0 Å². The molecule has 0 radical (unpaired) electrons. The lowest BCUT2D eigenvalue weighted by Crippen LogP contribution is -2.27. The molecule has 2 heterocycles. The SMILES string of the molecule is CSc1ccc(-n2cc(C)s/c2=N\C(=O)N2CCCC2)cc1. The van der Waals surface area contributed by atoms with Crippen LogP contribution >= 0.6 is 23.1 Å². The van der Waals surface area contributed by atoms with Gasteiger partial charge in [-0.3, -0.25) is 4.57 Å². The molecule has 2 amide bonds. The molecular formula is C16H19N3OS2. The van der Waals surface area contributed by atoms with E-state index in [9.17, 15) is 4.79 Å². The predicted molar refractivity (Wildman–Crippen MR) is 91.9 cm³/mol. The first-order valence-corrected chi connectivity index (χ1v) is 9.38. The van der Waals surface area contributed by atoms with Gasteiger partial charge in [-0.15, -0.1) is 23.1 Å². The third-order valence-corrected chi connectivity index (χ3v) is 5.33. The highest BCUT2D eigenvalue weighted by Crippen LogP contribution is 2.17. The van der Waals surface area contributed by atoms with E-state index in [1.54, 1.807) is 23.1 Å². The fourth-order valence-corrected chi connectivity index (χ4v) is 3.76. The minimum Gasteiger partial charge on any atom is -0.323 e. The molecule has 1 aromatic carbocycles. The number of thiazole rings is 1. The summed E-state index contributed by atoms with van der Waals surface area (Å²) in [6, 6.07) is 8.20. The first-order chi connectivity index (χ1) is 10.7. The van der Waals surface area contributed by atoms with Crippen molar-refractivity contribution >= 4 is 29.1 Å². The van der Waals surface area contributed by atoms with E-state index in [4.69, 9.17) is 0 Å². The van der Waals surface area contributed by atoms with E-state index < -0.39 is 0 Å². The Hall–Kier alpha value is -1.53. The Morgan fingerprint density at radius 1 is 1.23 bits per heavy atom. The maximum absolute atomic E-state index is 12.3. The lowest BCUT2D eigenvalue weighted by atomic mass is 10.3. The van der Waals surface area contributed by atoms with Crippen LogP contribution in [-0.2, 0) is 0 Å². The second kappa shape index (κ2) is 6.71. The Labute approximate surface area is 138 Å². The molecule has 6 heteroatoms. The van der Waals surface area contributed by atoms with Gasteiger partial charge in [0.05, 0.1) is 0 Å². The number of benzene rings is 1. The largest absolute Gasteiger partial charge is 0.346 e. The minimum atomic E-state index is -0.117. The first kappa shape index (κ1) is 15.4. The summed E-state index contributed by atoms with van der Waals surface area (Å²) in [5.74, 6) is 0. The molecule has 1 aliphatic heterocycles. The zero-order valence-corrected chi connectivity index (χ0v) is 14.4. The Morgan fingerprint density at radius 3 is 2.55 bits per heavy atom. The van der Waals surface area contributed by atoms with Crippen molar-refractivity contribution in [3.8, 4) is 5.69 Å². The van der Waals surface area contributed by atoms with Crippen molar-refractivity contribution in [3.63, 3.8) is 0 Å². The third kappa shape index (κ3) is 3.28. The molecule has 1 aromatic heterocycles. The molecule has 3 rings (SSSR count). The summed E-state index contributed by atoms with van der Waals surface area (Å²) in [5, 5.41) is 0. The average Bonchev–Trinajstić information content (AvgIpc) is 3.17. The van der Waals surface area contributed by atoms with Gasteiger partial charge in [0.1, 0.15) is 0 Å². The van der Waals surface area contributed by atoms with Gasteiger partial charge in [-0.05, 0) is 50.3 Å². The Kier molecular flexibility index (Phi) is 4.69. The Bertz CT molecular complexity index is 725. The predicted octanol–water partition coefficient (Wildman–Crippen LogP) is 3.69. The molecule has 1 saturated heterocycles. The molecule has 0 N–H and O–H groups in total. The summed E-state index contributed by atoms with van der Waals surface area (Å²) >= 11 is 3.27. The fourth-order valence-electron chi connectivity index (χ4n) is 2.52. The van der Waals surface area contributed by atoms with E-state index in [0.717, 1.165) is 41.3 Å². The van der Waals surface area contributed by atoms with Gasteiger partial charge in [-0.2, -0.15) is 4.99 Å². The topological polar surface area (TPSA) is 37.6 Å². The molecule has 1 fully saturated rings. The van der Waals surface area contributed by atoms with Crippen molar-refractivity contribution in [1.29, 1.82) is 0 Å². The van der Waals surface area contributed by atoms with E-state index in [2.05, 4.69) is 35.5 Å². The van der Waals surface area contributed by atoms with E-state index in [1.165, 1.54) is 4.90 Å². The molecule has 0 spiro atoms. The highest BCUT2D eigenvalue weighted by atomic mass is 32.2. The molecule has 0 saturated carbocycles. The third-order valence-electron chi connectivity index (χ3n) is 3.69. The van der Waals surface area contributed by atoms with Crippen LogP contribution in [0.4, 0.5) is 4.79 Å². The van der Waals surface area contributed by atoms with Crippen LogP contribution in [0, 0.1) is 6.92 Å². The maximum atomic E-state index is 12.3. The van der Waals surface area contributed by atoms with E-state index in [0.29, 0.717) is 0 Å². The number of hydrogen-bond donors (Lipinski definition) is 0. The minimum absolute atomic E-state index is 0.117. The van der Waals surface area contributed by atoms with Gasteiger partial charge in [-0.25, -0.2) is 4.79 Å². The van der Waals surface area contributed by atoms with Crippen molar-refractivity contribution in [1.82, 2.24) is 9.47 Å². The zero-order chi connectivity index (χ0) is 15.5. The number of likely N-dealkylation sites (tertiary alicyclic amines) is 1. The maximum Gasteiger partial charge on any atom is 0.346 e. The number of aryl methyl sites for hydroxylation is 1. The van der Waals surface area contributed by atoms with Gasteiger partial charge in [0.25, 0.3) is 0 Å². The number of carbonyl (C=O) groups is 1. The zero-order valence-electron chi connectivity index (χ0n) is 12.8. The lowest BCUT2D eigenvalue weighted by Gasteiger charge is -2.10. The normalized spacial score (nSPS) is 15.5.